The van der Waals surface area contributed by atoms with Gasteiger partial charge in [0.25, 0.3) is 0 Å². The molecule has 0 atom stereocenters. The van der Waals surface area contributed by atoms with Gasteiger partial charge in [0.15, 0.2) is 5.51 Å². The molecule has 0 aliphatic heterocycles. The summed E-state index contributed by atoms with van der Waals surface area (Å²) < 4.78 is 0. The zero-order valence-electron chi connectivity index (χ0n) is 7.00. The molecule has 0 N–H and O–H groups in total. The average Bonchev–Trinajstić information content (AvgIpc) is 2.52. The molecule has 0 aliphatic rings. The van der Waals surface area contributed by atoms with Crippen molar-refractivity contribution < 1.29 is 0 Å². The van der Waals surface area contributed by atoms with Crippen LogP contribution in [0, 0.1) is 5.51 Å². The topological polar surface area (TPSA) is 16.1 Å². The molecule has 0 aromatic carbocycles. The van der Waals surface area contributed by atoms with Gasteiger partial charge in [-0.15, -0.1) is 11.3 Å². The zero-order chi connectivity index (χ0) is 8.10. The number of hydrogen-bond donors (Lipinski definition) is 0. The summed E-state index contributed by atoms with van der Waals surface area (Å²) in [6.07, 6.45) is 1.17. The highest BCUT2D eigenvalue weighted by Gasteiger charge is 2.03. The molecule has 3 heteroatoms. The number of rotatable bonds is 4. The molecule has 0 saturated carbocycles. The van der Waals surface area contributed by atoms with Gasteiger partial charge in [0.2, 0.25) is 0 Å². The predicted molar refractivity (Wildman–Crippen MR) is 49.1 cm³/mol. The van der Waals surface area contributed by atoms with Crippen LogP contribution in [0.15, 0.2) is 5.38 Å². The lowest BCUT2D eigenvalue weighted by atomic mass is 10.4. The van der Waals surface area contributed by atoms with Gasteiger partial charge in [-0.1, -0.05) is 6.92 Å². The van der Waals surface area contributed by atoms with Crippen molar-refractivity contribution in [2.24, 2.45) is 0 Å². The van der Waals surface area contributed by atoms with Crippen LogP contribution in [0.25, 0.3) is 0 Å². The summed E-state index contributed by atoms with van der Waals surface area (Å²) >= 11 is 1.53. The van der Waals surface area contributed by atoms with Crippen molar-refractivity contribution >= 4 is 17.2 Å². The largest absolute Gasteiger partial charge is 0.356 e. The molecule has 1 radical (unpaired) electrons. The molecule has 2 nitrogen and oxygen atoms in total. The summed E-state index contributed by atoms with van der Waals surface area (Å²) in [6, 6.07) is 0. The molecule has 0 fully saturated rings. The van der Waals surface area contributed by atoms with Crippen molar-refractivity contribution in [3.05, 3.63) is 10.9 Å². The number of anilines is 1. The molecular formula is C8H13N2S. The van der Waals surface area contributed by atoms with E-state index in [9.17, 15) is 0 Å². The van der Waals surface area contributed by atoms with Crippen LogP contribution in [0.5, 0.6) is 0 Å². The van der Waals surface area contributed by atoms with Crippen LogP contribution in [0.2, 0.25) is 0 Å². The predicted octanol–water partition coefficient (Wildman–Crippen LogP) is 2.18. The van der Waals surface area contributed by atoms with Crippen molar-refractivity contribution in [1.82, 2.24) is 4.98 Å². The highest BCUT2D eigenvalue weighted by Crippen LogP contribution is 2.12. The molecular weight excluding hydrogens is 156 g/mol. The van der Waals surface area contributed by atoms with Crippen LogP contribution in [0.1, 0.15) is 20.3 Å². The Hall–Kier alpha value is -0.570. The number of aromatic nitrogens is 1. The Morgan fingerprint density at radius 2 is 2.45 bits per heavy atom. The molecule has 0 bridgehead atoms. The Bertz CT molecular complexity index is 184. The standard InChI is InChI=1S/C8H13N2S/c1-3-5-10(4-2)8-6-11-7-9-8/h6H,3-5H2,1-2H3. The van der Waals surface area contributed by atoms with Crippen LogP contribution in [0.4, 0.5) is 5.82 Å². The van der Waals surface area contributed by atoms with Crippen molar-refractivity contribution in [1.29, 1.82) is 0 Å². The fourth-order valence-corrected chi connectivity index (χ4v) is 1.53. The lowest BCUT2D eigenvalue weighted by Gasteiger charge is -2.18. The first kappa shape index (κ1) is 8.53. The summed E-state index contributed by atoms with van der Waals surface area (Å²) in [7, 11) is 0. The third-order valence-corrected chi connectivity index (χ3v) is 2.10. The Kier molecular flexibility index (Phi) is 3.36. The fourth-order valence-electron chi connectivity index (χ4n) is 1.03. The summed E-state index contributed by atoms with van der Waals surface area (Å²) in [5.41, 5.74) is 2.85. The van der Waals surface area contributed by atoms with Gasteiger partial charge < -0.3 is 4.90 Å². The SMILES string of the molecule is CCCN(CC)c1cs[c]n1. The van der Waals surface area contributed by atoms with E-state index in [0.29, 0.717) is 0 Å². The smallest absolute Gasteiger partial charge is 0.154 e. The molecule has 0 spiro atoms. The van der Waals surface area contributed by atoms with E-state index < -0.39 is 0 Å². The van der Waals surface area contributed by atoms with E-state index in [1.807, 2.05) is 5.38 Å². The van der Waals surface area contributed by atoms with E-state index in [1.165, 1.54) is 17.8 Å². The third-order valence-electron chi connectivity index (χ3n) is 1.58. The Morgan fingerprint density at radius 3 is 2.91 bits per heavy atom. The van der Waals surface area contributed by atoms with E-state index in [2.05, 4.69) is 29.2 Å². The van der Waals surface area contributed by atoms with Gasteiger partial charge in [0.1, 0.15) is 5.82 Å². The van der Waals surface area contributed by atoms with Gasteiger partial charge in [0.05, 0.1) is 0 Å². The molecule has 61 valence electrons. The van der Waals surface area contributed by atoms with Crippen molar-refractivity contribution in [2.75, 3.05) is 18.0 Å². The van der Waals surface area contributed by atoms with E-state index in [-0.39, 0.29) is 0 Å². The first-order valence-electron chi connectivity index (χ1n) is 3.95. The molecule has 11 heavy (non-hydrogen) atoms. The highest BCUT2D eigenvalue weighted by atomic mass is 32.1. The third kappa shape index (κ3) is 2.19. The quantitative estimate of drug-likeness (QED) is 0.686. The monoisotopic (exact) mass is 169 g/mol. The molecule has 1 aromatic heterocycles. The van der Waals surface area contributed by atoms with E-state index >= 15 is 0 Å². The van der Waals surface area contributed by atoms with Gasteiger partial charge in [-0.3, -0.25) is 0 Å². The lowest BCUT2D eigenvalue weighted by molar-refractivity contribution is 0.781. The molecule has 1 aromatic rings. The minimum Gasteiger partial charge on any atom is -0.356 e. The Balaban J connectivity index is 2.56. The van der Waals surface area contributed by atoms with Crippen molar-refractivity contribution in [3.63, 3.8) is 0 Å². The molecule has 0 saturated heterocycles. The van der Waals surface area contributed by atoms with E-state index in [1.54, 1.807) is 0 Å². The molecule has 0 amide bonds. The number of nitrogens with zero attached hydrogens (tertiary/aromatic N) is 2. The first-order valence-corrected chi connectivity index (χ1v) is 4.83. The second kappa shape index (κ2) is 4.34. The van der Waals surface area contributed by atoms with Gasteiger partial charge in [-0.2, -0.15) is 0 Å². The summed E-state index contributed by atoms with van der Waals surface area (Å²) in [5, 5.41) is 2.04. The van der Waals surface area contributed by atoms with Crippen LogP contribution >= 0.6 is 11.3 Å². The zero-order valence-corrected chi connectivity index (χ0v) is 7.82. The summed E-state index contributed by atoms with van der Waals surface area (Å²) in [5.74, 6) is 1.07. The minimum atomic E-state index is 1.03. The molecule has 0 unspecified atom stereocenters. The maximum atomic E-state index is 4.13. The van der Waals surface area contributed by atoms with E-state index in [0.717, 1.165) is 18.9 Å². The van der Waals surface area contributed by atoms with Crippen LogP contribution in [-0.2, 0) is 0 Å². The van der Waals surface area contributed by atoms with Crippen LogP contribution in [-0.4, -0.2) is 18.1 Å². The fraction of sp³-hybridized carbons (Fsp3) is 0.625. The van der Waals surface area contributed by atoms with Gasteiger partial charge >= 0.3 is 0 Å². The van der Waals surface area contributed by atoms with Gasteiger partial charge in [-0.25, -0.2) is 4.98 Å². The van der Waals surface area contributed by atoms with Gasteiger partial charge in [0, 0.05) is 18.5 Å². The lowest BCUT2D eigenvalue weighted by Crippen LogP contribution is -2.23. The number of hydrogen-bond acceptors (Lipinski definition) is 3. The maximum Gasteiger partial charge on any atom is 0.154 e. The van der Waals surface area contributed by atoms with Crippen LogP contribution < -0.4 is 4.90 Å². The first-order chi connectivity index (χ1) is 5.38. The Labute approximate surface area is 71.9 Å². The highest BCUT2D eigenvalue weighted by molar-refractivity contribution is 7.07. The second-order valence-electron chi connectivity index (χ2n) is 2.38. The number of thiazole rings is 1. The van der Waals surface area contributed by atoms with E-state index in [4.69, 9.17) is 0 Å². The van der Waals surface area contributed by atoms with Crippen LogP contribution in [0.3, 0.4) is 0 Å². The van der Waals surface area contributed by atoms with Crippen molar-refractivity contribution in [2.45, 2.75) is 20.3 Å². The molecule has 1 rings (SSSR count). The average molecular weight is 169 g/mol. The summed E-state index contributed by atoms with van der Waals surface area (Å²) in [4.78, 5) is 6.38. The maximum absolute atomic E-state index is 4.13. The molecule has 1 heterocycles. The molecule has 0 aliphatic carbocycles. The minimum absolute atomic E-state index is 1.03. The van der Waals surface area contributed by atoms with Crippen molar-refractivity contribution in [3.8, 4) is 0 Å². The normalized spacial score (nSPS) is 10.0. The van der Waals surface area contributed by atoms with Gasteiger partial charge in [-0.05, 0) is 13.3 Å². The second-order valence-corrected chi connectivity index (χ2v) is 3.03. The summed E-state index contributed by atoms with van der Waals surface area (Å²) in [6.45, 7) is 6.45. The Morgan fingerprint density at radius 1 is 1.64 bits per heavy atom.